The van der Waals surface area contributed by atoms with Crippen molar-refractivity contribution in [3.63, 3.8) is 0 Å². The van der Waals surface area contributed by atoms with Gasteiger partial charge in [-0.3, -0.25) is 0 Å². The molecule has 0 spiro atoms. The van der Waals surface area contributed by atoms with Gasteiger partial charge in [-0.2, -0.15) is 4.36 Å². The number of amides is 1. The lowest BCUT2D eigenvalue weighted by atomic mass is 10.1. The van der Waals surface area contributed by atoms with Crippen LogP contribution in [0.15, 0.2) is 53.0 Å². The summed E-state index contributed by atoms with van der Waals surface area (Å²) in [7, 11) is -2.98. The molecule has 0 saturated carbocycles. The second kappa shape index (κ2) is 8.40. The molecule has 8 nitrogen and oxygen atoms in total. The highest BCUT2D eigenvalue weighted by molar-refractivity contribution is 7.98. The fraction of sp³-hybridized carbons (Fsp3) is 0.190. The molecule has 1 aliphatic heterocycles. The first-order valence-corrected chi connectivity index (χ1v) is 11.8. The number of nitrogens with one attached hydrogen (secondary N) is 1. The molecule has 2 aromatic carbocycles. The van der Waals surface area contributed by atoms with E-state index in [0.29, 0.717) is 29.2 Å². The van der Waals surface area contributed by atoms with E-state index in [2.05, 4.69) is 19.6 Å². The smallest absolute Gasteiger partial charge is 0.437 e. The van der Waals surface area contributed by atoms with E-state index in [1.165, 1.54) is 6.26 Å². The van der Waals surface area contributed by atoms with E-state index < -0.39 is 22.0 Å². The van der Waals surface area contributed by atoms with Crippen LogP contribution in [0.1, 0.15) is 11.1 Å². The number of aromatic nitrogens is 2. The molecule has 162 valence electrons. The SMILES string of the molecule is C[SH](O)(Cc1cccc(Nc2ncc(F)c(-c3cccc4c3OCC4)n2)c1)=NC(=O)O. The monoisotopic (exact) mass is 444 g/mol. The lowest BCUT2D eigenvalue weighted by Gasteiger charge is -2.17. The zero-order valence-corrected chi connectivity index (χ0v) is 17.5. The molecule has 31 heavy (non-hydrogen) atoms. The molecular formula is C21H21FN4O4S. The summed E-state index contributed by atoms with van der Waals surface area (Å²) >= 11 is 0. The summed E-state index contributed by atoms with van der Waals surface area (Å²) in [6.07, 6.45) is 1.91. The molecule has 0 saturated heterocycles. The van der Waals surface area contributed by atoms with Gasteiger partial charge in [0.2, 0.25) is 5.95 Å². The van der Waals surface area contributed by atoms with Gasteiger partial charge in [-0.1, -0.05) is 34.4 Å². The van der Waals surface area contributed by atoms with Crippen molar-refractivity contribution in [2.45, 2.75) is 12.2 Å². The minimum atomic E-state index is -2.98. The van der Waals surface area contributed by atoms with Crippen LogP contribution < -0.4 is 10.1 Å². The minimum Gasteiger partial charge on any atom is -0.492 e. The van der Waals surface area contributed by atoms with E-state index >= 15 is 0 Å². The fourth-order valence-electron chi connectivity index (χ4n) is 3.46. The van der Waals surface area contributed by atoms with Crippen molar-refractivity contribution in [3.8, 4) is 17.0 Å². The number of para-hydroxylation sites is 1. The molecule has 1 aromatic heterocycles. The zero-order chi connectivity index (χ0) is 22.0. The van der Waals surface area contributed by atoms with Crippen molar-refractivity contribution in [1.29, 1.82) is 0 Å². The predicted octanol–water partition coefficient (Wildman–Crippen LogP) is 4.31. The van der Waals surface area contributed by atoms with E-state index in [0.717, 1.165) is 18.2 Å². The maximum absolute atomic E-state index is 14.5. The number of carboxylic acid groups (broad SMARTS) is 1. The number of hydrogen-bond donors (Lipinski definition) is 4. The summed E-state index contributed by atoms with van der Waals surface area (Å²) in [5.74, 6) is 0.388. The molecule has 0 aliphatic carbocycles. The first-order valence-electron chi connectivity index (χ1n) is 9.49. The molecule has 3 aromatic rings. The lowest BCUT2D eigenvalue weighted by Crippen LogP contribution is -2.13. The summed E-state index contributed by atoms with van der Waals surface area (Å²) in [6, 6.07) is 12.6. The Balaban J connectivity index is 1.61. The largest absolute Gasteiger partial charge is 0.492 e. The number of hydrogen-bond acceptors (Lipinski definition) is 5. The molecule has 0 bridgehead atoms. The summed E-state index contributed by atoms with van der Waals surface area (Å²) in [5.41, 5.74) is 3.04. The number of rotatable bonds is 5. The first-order chi connectivity index (χ1) is 14.8. The normalized spacial score (nSPS) is 13.3. The maximum atomic E-state index is 14.5. The van der Waals surface area contributed by atoms with Crippen LogP contribution in [0.2, 0.25) is 0 Å². The van der Waals surface area contributed by atoms with Crippen LogP contribution in [0.25, 0.3) is 11.3 Å². The van der Waals surface area contributed by atoms with Gasteiger partial charge in [0.05, 0.1) is 12.8 Å². The predicted molar refractivity (Wildman–Crippen MR) is 118 cm³/mol. The number of carbonyl (C=O) groups is 1. The third-order valence-corrected chi connectivity index (χ3v) is 6.25. The number of thiol groups is 1. The molecule has 3 N–H and O–H groups in total. The van der Waals surface area contributed by atoms with Crippen LogP contribution in [-0.2, 0) is 22.3 Å². The van der Waals surface area contributed by atoms with Crippen LogP contribution in [0.4, 0.5) is 20.8 Å². The zero-order valence-electron chi connectivity index (χ0n) is 16.6. The maximum Gasteiger partial charge on any atom is 0.437 e. The number of ether oxygens (including phenoxy) is 1. The second-order valence-corrected chi connectivity index (χ2v) is 9.93. The van der Waals surface area contributed by atoms with Gasteiger partial charge in [0.1, 0.15) is 11.4 Å². The van der Waals surface area contributed by atoms with E-state index in [1.807, 2.05) is 12.1 Å². The van der Waals surface area contributed by atoms with Crippen LogP contribution >= 0.6 is 0 Å². The van der Waals surface area contributed by atoms with Crippen LogP contribution in [0.3, 0.4) is 0 Å². The molecule has 0 fully saturated rings. The standard InChI is InChI=1S/C21H21FN4O4S/c1-31(29,26-21(27)28)12-13-4-2-6-15(10-13)24-20-23-11-17(22)18(25-20)16-7-3-5-14-8-9-30-19(14)16/h2-7,10-11,31H,8-9,12H2,1H3,(H,26,29)(H,27,28)(H,23,24,25). The van der Waals surface area contributed by atoms with Gasteiger partial charge in [-0.25, -0.2) is 19.2 Å². The van der Waals surface area contributed by atoms with Crippen molar-refractivity contribution in [1.82, 2.24) is 9.97 Å². The highest BCUT2D eigenvalue weighted by Gasteiger charge is 2.21. The Labute approximate surface area is 179 Å². The van der Waals surface area contributed by atoms with Gasteiger partial charge in [-0.15, -0.1) is 0 Å². The minimum absolute atomic E-state index is 0.109. The quantitative estimate of drug-likeness (QED) is 0.433. The first kappa shape index (κ1) is 20.9. The lowest BCUT2D eigenvalue weighted by molar-refractivity contribution is 0.206. The van der Waals surface area contributed by atoms with E-state index in [4.69, 9.17) is 9.84 Å². The third-order valence-electron chi connectivity index (χ3n) is 4.68. The average Bonchev–Trinajstić information content (AvgIpc) is 3.17. The summed E-state index contributed by atoms with van der Waals surface area (Å²) in [5, 5.41) is 11.8. The Morgan fingerprint density at radius 1 is 1.32 bits per heavy atom. The Kier molecular flexibility index (Phi) is 5.66. The number of halogens is 1. The van der Waals surface area contributed by atoms with Crippen LogP contribution in [0.5, 0.6) is 5.75 Å². The van der Waals surface area contributed by atoms with Gasteiger partial charge in [-0.05, 0) is 35.6 Å². The van der Waals surface area contributed by atoms with E-state index in [1.54, 1.807) is 30.3 Å². The Hall–Kier alpha value is -3.37. The van der Waals surface area contributed by atoms with Crippen molar-refractivity contribution in [3.05, 3.63) is 65.6 Å². The van der Waals surface area contributed by atoms with Crippen molar-refractivity contribution < 1.29 is 23.6 Å². The summed E-state index contributed by atoms with van der Waals surface area (Å²) in [4.78, 5) is 19.2. The third kappa shape index (κ3) is 4.86. The fourth-order valence-corrected chi connectivity index (χ4v) is 4.79. The molecular weight excluding hydrogens is 423 g/mol. The number of anilines is 2. The van der Waals surface area contributed by atoms with Gasteiger partial charge in [0.25, 0.3) is 0 Å². The van der Waals surface area contributed by atoms with Crippen molar-refractivity contribution in [2.75, 3.05) is 18.2 Å². The Morgan fingerprint density at radius 3 is 2.94 bits per heavy atom. The summed E-state index contributed by atoms with van der Waals surface area (Å²) in [6.45, 7) is 0.553. The molecule has 0 radical (unpaired) electrons. The molecule has 10 heteroatoms. The van der Waals surface area contributed by atoms with Gasteiger partial charge in [0.15, 0.2) is 5.82 Å². The second-order valence-electron chi connectivity index (χ2n) is 7.24. The van der Waals surface area contributed by atoms with Gasteiger partial charge < -0.3 is 19.7 Å². The highest BCUT2D eigenvalue weighted by atomic mass is 32.3. The number of benzene rings is 2. The molecule has 4 rings (SSSR count). The van der Waals surface area contributed by atoms with Gasteiger partial charge in [0, 0.05) is 23.4 Å². The van der Waals surface area contributed by atoms with Crippen molar-refractivity contribution in [2.24, 2.45) is 4.36 Å². The topological polar surface area (TPSA) is 117 Å². The average molecular weight is 444 g/mol. The summed E-state index contributed by atoms with van der Waals surface area (Å²) < 4.78 is 33.8. The molecule has 0 atom stereocenters. The Morgan fingerprint density at radius 2 is 2.13 bits per heavy atom. The molecule has 0 unspecified atom stereocenters. The van der Waals surface area contributed by atoms with Gasteiger partial charge >= 0.3 is 6.09 Å². The molecule has 1 aliphatic rings. The van der Waals surface area contributed by atoms with Crippen molar-refractivity contribution >= 4 is 27.8 Å². The highest BCUT2D eigenvalue weighted by Crippen LogP contribution is 2.37. The Bertz CT molecular complexity index is 1210. The number of nitrogens with zero attached hydrogens (tertiary/aromatic N) is 3. The number of fused-ring (bicyclic) bond motifs is 1. The van der Waals surface area contributed by atoms with E-state index in [-0.39, 0.29) is 17.4 Å². The van der Waals surface area contributed by atoms with E-state index in [9.17, 15) is 13.7 Å². The molecule has 1 amide bonds. The van der Waals surface area contributed by atoms with Crippen LogP contribution in [-0.4, -0.2) is 38.6 Å². The van der Waals surface area contributed by atoms with Crippen LogP contribution in [0, 0.1) is 5.82 Å². The molecule has 2 heterocycles.